The smallest absolute Gasteiger partial charge is 0.270 e. The first-order valence-electron chi connectivity index (χ1n) is 7.00. The number of nitrogens with one attached hydrogen (secondary N) is 1. The topological polar surface area (TPSA) is 64.4 Å². The van der Waals surface area contributed by atoms with Gasteiger partial charge in [-0.2, -0.15) is 0 Å². The molecule has 5 heteroatoms. The van der Waals surface area contributed by atoms with E-state index in [2.05, 4.69) is 24.1 Å². The Morgan fingerprint density at radius 2 is 2.14 bits per heavy atom. The third-order valence-corrected chi connectivity index (χ3v) is 2.83. The van der Waals surface area contributed by atoms with Crippen LogP contribution in [0.4, 0.5) is 0 Å². The Morgan fingerprint density at radius 3 is 2.76 bits per heavy atom. The first-order chi connectivity index (χ1) is 10.2. The fourth-order valence-corrected chi connectivity index (χ4v) is 1.84. The Balaban J connectivity index is 2.00. The summed E-state index contributed by atoms with van der Waals surface area (Å²) < 4.78 is 11.0. The lowest BCUT2D eigenvalue weighted by Crippen LogP contribution is -2.32. The molecule has 5 nitrogen and oxygen atoms in total. The largest absolute Gasteiger partial charge is 0.467 e. The molecule has 0 radical (unpaired) electrons. The van der Waals surface area contributed by atoms with Crippen molar-refractivity contribution < 1.29 is 13.9 Å². The predicted molar refractivity (Wildman–Crippen MR) is 78.8 cm³/mol. The molecule has 0 aromatic carbocycles. The molecule has 0 bridgehead atoms. The number of rotatable bonds is 7. The zero-order chi connectivity index (χ0) is 15.1. The van der Waals surface area contributed by atoms with E-state index in [1.807, 2.05) is 6.07 Å². The lowest BCUT2D eigenvalue weighted by atomic mass is 10.2. The summed E-state index contributed by atoms with van der Waals surface area (Å²) >= 11 is 0. The summed E-state index contributed by atoms with van der Waals surface area (Å²) in [4.78, 5) is 16.2. The Hall–Kier alpha value is -2.14. The van der Waals surface area contributed by atoms with E-state index in [0.29, 0.717) is 30.6 Å². The van der Waals surface area contributed by atoms with Crippen molar-refractivity contribution >= 4 is 5.91 Å². The predicted octanol–water partition coefficient (Wildman–Crippen LogP) is 2.82. The number of furan rings is 1. The van der Waals surface area contributed by atoms with Gasteiger partial charge in [0.2, 0.25) is 0 Å². The molecule has 1 atom stereocenters. The lowest BCUT2D eigenvalue weighted by molar-refractivity contribution is 0.0727. The highest BCUT2D eigenvalue weighted by Gasteiger charge is 2.19. The van der Waals surface area contributed by atoms with Gasteiger partial charge in [-0.05, 0) is 30.2 Å². The second kappa shape index (κ2) is 7.59. The third-order valence-electron chi connectivity index (χ3n) is 2.83. The van der Waals surface area contributed by atoms with E-state index in [4.69, 9.17) is 9.15 Å². The summed E-state index contributed by atoms with van der Waals surface area (Å²) in [5.41, 5.74) is 0.373. The van der Waals surface area contributed by atoms with Crippen LogP contribution in [0.3, 0.4) is 0 Å². The molecule has 2 heterocycles. The zero-order valence-corrected chi connectivity index (χ0v) is 12.3. The molecule has 21 heavy (non-hydrogen) atoms. The van der Waals surface area contributed by atoms with Gasteiger partial charge in [-0.1, -0.05) is 19.9 Å². The maximum Gasteiger partial charge on any atom is 0.270 e. The van der Waals surface area contributed by atoms with E-state index in [0.717, 1.165) is 0 Å². The van der Waals surface area contributed by atoms with Crippen LogP contribution in [0.2, 0.25) is 0 Å². The number of nitrogens with zero attached hydrogens (tertiary/aromatic N) is 1. The van der Waals surface area contributed by atoms with Crippen LogP contribution in [0.5, 0.6) is 0 Å². The van der Waals surface area contributed by atoms with Crippen LogP contribution in [0, 0.1) is 5.92 Å². The van der Waals surface area contributed by atoms with Gasteiger partial charge in [-0.25, -0.2) is 0 Å². The van der Waals surface area contributed by atoms with Gasteiger partial charge in [0.1, 0.15) is 17.5 Å². The molecule has 0 saturated heterocycles. The first-order valence-corrected chi connectivity index (χ1v) is 7.00. The molecule has 0 fully saturated rings. The van der Waals surface area contributed by atoms with Gasteiger partial charge in [-0.3, -0.25) is 9.78 Å². The molecule has 0 aliphatic rings. The summed E-state index contributed by atoms with van der Waals surface area (Å²) in [6, 6.07) is 8.50. The Labute approximate surface area is 124 Å². The van der Waals surface area contributed by atoms with Crippen molar-refractivity contribution in [3.63, 3.8) is 0 Å². The number of aromatic nitrogens is 1. The maximum atomic E-state index is 12.2. The summed E-state index contributed by atoms with van der Waals surface area (Å²) in [6.07, 6.45) is 3.17. The molecule has 0 aliphatic carbocycles. The van der Waals surface area contributed by atoms with Crippen molar-refractivity contribution in [3.8, 4) is 0 Å². The van der Waals surface area contributed by atoms with Crippen molar-refractivity contribution in [1.29, 1.82) is 0 Å². The van der Waals surface area contributed by atoms with Crippen LogP contribution in [-0.4, -0.2) is 24.1 Å². The van der Waals surface area contributed by atoms with Crippen LogP contribution >= 0.6 is 0 Å². The molecule has 2 aromatic heterocycles. The van der Waals surface area contributed by atoms with Gasteiger partial charge in [0, 0.05) is 12.8 Å². The van der Waals surface area contributed by atoms with Gasteiger partial charge >= 0.3 is 0 Å². The van der Waals surface area contributed by atoms with Crippen molar-refractivity contribution in [3.05, 3.63) is 54.2 Å². The number of ether oxygens (including phenoxy) is 1. The van der Waals surface area contributed by atoms with E-state index in [9.17, 15) is 4.79 Å². The molecule has 2 aromatic rings. The molecule has 0 spiro atoms. The van der Waals surface area contributed by atoms with Crippen LogP contribution in [0.1, 0.15) is 36.1 Å². The molecular formula is C16H20N2O3. The van der Waals surface area contributed by atoms with Gasteiger partial charge in [0.15, 0.2) is 0 Å². The highest BCUT2D eigenvalue weighted by atomic mass is 16.5. The minimum absolute atomic E-state index is 0.245. The van der Waals surface area contributed by atoms with Gasteiger partial charge in [0.05, 0.1) is 12.9 Å². The molecule has 1 amide bonds. The van der Waals surface area contributed by atoms with E-state index in [-0.39, 0.29) is 11.9 Å². The average Bonchev–Trinajstić information content (AvgIpc) is 3.01. The fourth-order valence-electron chi connectivity index (χ4n) is 1.84. The number of hydrogen-bond acceptors (Lipinski definition) is 4. The quantitative estimate of drug-likeness (QED) is 0.851. The molecule has 0 aliphatic heterocycles. The summed E-state index contributed by atoms with van der Waals surface area (Å²) in [5.74, 6) is 0.863. The molecular weight excluding hydrogens is 268 g/mol. The molecule has 1 N–H and O–H groups in total. The second-order valence-electron chi connectivity index (χ2n) is 5.19. The monoisotopic (exact) mass is 288 g/mol. The molecule has 112 valence electrons. The van der Waals surface area contributed by atoms with Crippen LogP contribution in [0.15, 0.2) is 47.2 Å². The average molecular weight is 288 g/mol. The number of carbonyl (C=O) groups is 1. The van der Waals surface area contributed by atoms with Gasteiger partial charge in [-0.15, -0.1) is 0 Å². The van der Waals surface area contributed by atoms with Crippen LogP contribution in [-0.2, 0) is 4.74 Å². The Bertz CT molecular complexity index is 538. The van der Waals surface area contributed by atoms with E-state index < -0.39 is 0 Å². The fraction of sp³-hybridized carbons (Fsp3) is 0.375. The normalized spacial score (nSPS) is 12.3. The van der Waals surface area contributed by atoms with Crippen LogP contribution < -0.4 is 5.32 Å². The summed E-state index contributed by atoms with van der Waals surface area (Å²) in [5, 5.41) is 2.89. The van der Waals surface area contributed by atoms with E-state index in [1.54, 1.807) is 36.7 Å². The molecule has 0 saturated carbocycles. The number of carbonyl (C=O) groups excluding carboxylic acids is 1. The summed E-state index contributed by atoms with van der Waals surface area (Å²) in [6.45, 7) is 5.16. The summed E-state index contributed by atoms with van der Waals surface area (Å²) in [7, 11) is 0. The highest BCUT2D eigenvalue weighted by molar-refractivity contribution is 5.92. The number of pyridine rings is 1. The maximum absolute atomic E-state index is 12.2. The highest BCUT2D eigenvalue weighted by Crippen LogP contribution is 2.15. The Morgan fingerprint density at radius 1 is 1.29 bits per heavy atom. The molecule has 2 rings (SSSR count). The standard InChI is InChI=1S/C16H20N2O3/c1-12(2)10-20-11-14(15-7-5-9-21-15)18-16(19)13-6-3-4-8-17-13/h3-9,12,14H,10-11H2,1-2H3,(H,18,19)/t14-/m0/s1. The first kappa shape index (κ1) is 15.3. The van der Waals surface area contributed by atoms with E-state index >= 15 is 0 Å². The van der Waals surface area contributed by atoms with Crippen LogP contribution in [0.25, 0.3) is 0 Å². The lowest BCUT2D eigenvalue weighted by Gasteiger charge is -2.17. The van der Waals surface area contributed by atoms with Crippen molar-refractivity contribution in [2.24, 2.45) is 5.92 Å². The Kier molecular flexibility index (Phi) is 5.51. The van der Waals surface area contributed by atoms with Crippen molar-refractivity contribution in [2.45, 2.75) is 19.9 Å². The minimum atomic E-state index is -0.326. The van der Waals surface area contributed by atoms with Crippen molar-refractivity contribution in [1.82, 2.24) is 10.3 Å². The number of amides is 1. The van der Waals surface area contributed by atoms with E-state index in [1.165, 1.54) is 0 Å². The number of hydrogen-bond donors (Lipinski definition) is 1. The zero-order valence-electron chi connectivity index (χ0n) is 12.3. The SMILES string of the molecule is CC(C)COC[C@H](NC(=O)c1ccccn1)c1ccco1. The van der Waals surface area contributed by atoms with Crippen molar-refractivity contribution in [2.75, 3.05) is 13.2 Å². The third kappa shape index (κ3) is 4.72. The minimum Gasteiger partial charge on any atom is -0.467 e. The second-order valence-corrected chi connectivity index (χ2v) is 5.19. The van der Waals surface area contributed by atoms with Gasteiger partial charge < -0.3 is 14.5 Å². The van der Waals surface area contributed by atoms with Gasteiger partial charge in [0.25, 0.3) is 5.91 Å². The molecule has 0 unspecified atom stereocenters.